The quantitative estimate of drug-likeness (QED) is 0.662. The van der Waals surface area contributed by atoms with Crippen molar-refractivity contribution in [3.63, 3.8) is 0 Å². The average molecular weight is 410 g/mol. The van der Waals surface area contributed by atoms with Crippen molar-refractivity contribution in [2.24, 2.45) is 0 Å². The second-order valence-corrected chi connectivity index (χ2v) is 8.30. The molecule has 1 aromatic heterocycles. The van der Waals surface area contributed by atoms with E-state index in [1.54, 1.807) is 17.4 Å². The number of piperazine rings is 1. The fourth-order valence-electron chi connectivity index (χ4n) is 3.77. The van der Waals surface area contributed by atoms with Crippen LogP contribution < -0.4 is 14.4 Å². The summed E-state index contributed by atoms with van der Waals surface area (Å²) in [5.74, 6) is 1.40. The van der Waals surface area contributed by atoms with E-state index in [4.69, 9.17) is 14.5 Å². The van der Waals surface area contributed by atoms with Gasteiger partial charge in [0.15, 0.2) is 16.6 Å². The molecule has 0 atom stereocenters. The van der Waals surface area contributed by atoms with Crippen molar-refractivity contribution in [2.45, 2.75) is 13.3 Å². The minimum Gasteiger partial charge on any atom is -0.486 e. The average Bonchev–Trinajstić information content (AvgIpc) is 3.21. The summed E-state index contributed by atoms with van der Waals surface area (Å²) in [4.78, 5) is 21.9. The van der Waals surface area contributed by atoms with E-state index in [-0.39, 0.29) is 5.91 Å². The first-order chi connectivity index (χ1) is 14.2. The van der Waals surface area contributed by atoms with Crippen LogP contribution in [-0.4, -0.2) is 55.2 Å². The maximum atomic E-state index is 12.9. The van der Waals surface area contributed by atoms with Gasteiger partial charge in [-0.05, 0) is 42.3 Å². The third kappa shape index (κ3) is 3.51. The number of carbonyl (C=O) groups is 1. The van der Waals surface area contributed by atoms with Gasteiger partial charge in [0.25, 0.3) is 5.91 Å². The number of hydrogen-bond donors (Lipinski definition) is 0. The van der Waals surface area contributed by atoms with Gasteiger partial charge in [-0.15, -0.1) is 0 Å². The van der Waals surface area contributed by atoms with E-state index in [0.717, 1.165) is 30.2 Å². The predicted octanol–water partition coefficient (Wildman–Crippen LogP) is 3.59. The van der Waals surface area contributed by atoms with Crippen LogP contribution in [0.3, 0.4) is 0 Å². The van der Waals surface area contributed by atoms with E-state index in [0.29, 0.717) is 43.4 Å². The Morgan fingerprint density at radius 3 is 2.62 bits per heavy atom. The van der Waals surface area contributed by atoms with Crippen LogP contribution in [0.1, 0.15) is 22.8 Å². The summed E-state index contributed by atoms with van der Waals surface area (Å²) in [6.07, 6.45) is 1.03. The minimum atomic E-state index is 0.0403. The zero-order valence-electron chi connectivity index (χ0n) is 16.4. The third-order valence-corrected chi connectivity index (χ3v) is 6.56. The fraction of sp³-hybridized carbons (Fsp3) is 0.364. The van der Waals surface area contributed by atoms with Gasteiger partial charge in [0.2, 0.25) is 0 Å². The Hall–Kier alpha value is -2.80. The lowest BCUT2D eigenvalue weighted by molar-refractivity contribution is 0.0745. The Bertz CT molecular complexity index is 1060. The molecule has 0 aliphatic carbocycles. The van der Waals surface area contributed by atoms with Gasteiger partial charge in [-0.3, -0.25) is 4.79 Å². The third-order valence-electron chi connectivity index (χ3n) is 5.48. The molecule has 2 aliphatic rings. The molecule has 0 radical (unpaired) electrons. The highest BCUT2D eigenvalue weighted by molar-refractivity contribution is 7.22. The molecule has 0 N–H and O–H groups in total. The fourth-order valence-corrected chi connectivity index (χ4v) is 4.85. The standard InChI is InChI=1S/C22H23N3O3S/c1-2-15-3-5-17-20(13-15)29-22(23-17)25-9-7-24(8-10-25)21(26)16-4-6-18-19(14-16)28-12-11-27-18/h3-6,13-14H,2,7-12H2,1H3. The Morgan fingerprint density at radius 1 is 1.03 bits per heavy atom. The number of anilines is 1. The monoisotopic (exact) mass is 409 g/mol. The first-order valence-corrected chi connectivity index (χ1v) is 10.9. The molecule has 7 heteroatoms. The molecular formula is C22H23N3O3S. The molecule has 0 bridgehead atoms. The number of rotatable bonds is 3. The van der Waals surface area contributed by atoms with Gasteiger partial charge in [0.1, 0.15) is 13.2 Å². The Morgan fingerprint density at radius 2 is 1.83 bits per heavy atom. The van der Waals surface area contributed by atoms with Gasteiger partial charge >= 0.3 is 0 Å². The van der Waals surface area contributed by atoms with Crippen molar-refractivity contribution in [3.05, 3.63) is 47.5 Å². The van der Waals surface area contributed by atoms with Gasteiger partial charge in [0.05, 0.1) is 10.2 Å². The van der Waals surface area contributed by atoms with Crippen molar-refractivity contribution in [2.75, 3.05) is 44.3 Å². The minimum absolute atomic E-state index is 0.0403. The molecule has 2 aliphatic heterocycles. The van der Waals surface area contributed by atoms with E-state index in [9.17, 15) is 4.79 Å². The molecule has 2 aromatic carbocycles. The lowest BCUT2D eigenvalue weighted by Crippen LogP contribution is -2.48. The summed E-state index contributed by atoms with van der Waals surface area (Å²) >= 11 is 1.74. The highest BCUT2D eigenvalue weighted by Crippen LogP contribution is 2.32. The van der Waals surface area contributed by atoms with Gasteiger partial charge in [-0.1, -0.05) is 24.3 Å². The number of amides is 1. The second kappa shape index (κ2) is 7.55. The Labute approximate surface area is 173 Å². The maximum Gasteiger partial charge on any atom is 0.254 e. The zero-order chi connectivity index (χ0) is 19.8. The number of aryl methyl sites for hydroxylation is 1. The number of aromatic nitrogens is 1. The Kier molecular flexibility index (Phi) is 4.75. The molecule has 0 saturated carbocycles. The highest BCUT2D eigenvalue weighted by atomic mass is 32.1. The number of ether oxygens (including phenoxy) is 2. The number of carbonyl (C=O) groups excluding carboxylic acids is 1. The van der Waals surface area contributed by atoms with E-state index in [1.807, 2.05) is 17.0 Å². The molecule has 5 rings (SSSR count). The molecule has 3 aromatic rings. The summed E-state index contributed by atoms with van der Waals surface area (Å²) < 4.78 is 12.4. The first kappa shape index (κ1) is 18.2. The van der Waals surface area contributed by atoms with Crippen LogP contribution in [-0.2, 0) is 6.42 Å². The molecule has 1 saturated heterocycles. The number of hydrogen-bond acceptors (Lipinski definition) is 6. The number of fused-ring (bicyclic) bond motifs is 2. The van der Waals surface area contributed by atoms with Crippen molar-refractivity contribution < 1.29 is 14.3 Å². The molecule has 1 fully saturated rings. The molecule has 150 valence electrons. The Balaban J connectivity index is 1.27. The highest BCUT2D eigenvalue weighted by Gasteiger charge is 2.25. The summed E-state index contributed by atoms with van der Waals surface area (Å²) in [6, 6.07) is 11.9. The largest absolute Gasteiger partial charge is 0.486 e. The number of nitrogens with zero attached hydrogens (tertiary/aromatic N) is 3. The summed E-state index contributed by atoms with van der Waals surface area (Å²) in [5.41, 5.74) is 3.04. The van der Waals surface area contributed by atoms with E-state index in [1.165, 1.54) is 10.3 Å². The SMILES string of the molecule is CCc1ccc2nc(N3CCN(C(=O)c4ccc5c(c4)OCCO5)CC3)sc2c1. The number of thiazole rings is 1. The summed E-state index contributed by atoms with van der Waals surface area (Å²) in [6.45, 7) is 6.18. The molecule has 6 nitrogen and oxygen atoms in total. The topological polar surface area (TPSA) is 54.9 Å². The molecule has 3 heterocycles. The summed E-state index contributed by atoms with van der Waals surface area (Å²) in [5, 5.41) is 1.04. The van der Waals surface area contributed by atoms with E-state index in [2.05, 4.69) is 30.0 Å². The molecule has 0 spiro atoms. The van der Waals surface area contributed by atoms with E-state index < -0.39 is 0 Å². The molecular weight excluding hydrogens is 386 g/mol. The van der Waals surface area contributed by atoms with E-state index >= 15 is 0 Å². The maximum absolute atomic E-state index is 12.9. The first-order valence-electron chi connectivity index (χ1n) is 10.0. The molecule has 29 heavy (non-hydrogen) atoms. The van der Waals surface area contributed by atoms with Crippen LogP contribution in [0.5, 0.6) is 11.5 Å². The van der Waals surface area contributed by atoms with Crippen molar-refractivity contribution in [3.8, 4) is 11.5 Å². The van der Waals surface area contributed by atoms with Crippen LogP contribution >= 0.6 is 11.3 Å². The molecule has 1 amide bonds. The van der Waals surface area contributed by atoms with Crippen molar-refractivity contribution in [1.82, 2.24) is 9.88 Å². The van der Waals surface area contributed by atoms with Crippen LogP contribution in [0, 0.1) is 0 Å². The lowest BCUT2D eigenvalue weighted by Gasteiger charge is -2.34. The van der Waals surface area contributed by atoms with Crippen LogP contribution in [0.4, 0.5) is 5.13 Å². The van der Waals surface area contributed by atoms with Crippen LogP contribution in [0.2, 0.25) is 0 Å². The summed E-state index contributed by atoms with van der Waals surface area (Å²) in [7, 11) is 0. The zero-order valence-corrected chi connectivity index (χ0v) is 17.2. The predicted molar refractivity (Wildman–Crippen MR) is 115 cm³/mol. The normalized spacial score (nSPS) is 16.3. The van der Waals surface area contributed by atoms with Crippen molar-refractivity contribution in [1.29, 1.82) is 0 Å². The van der Waals surface area contributed by atoms with Crippen LogP contribution in [0.15, 0.2) is 36.4 Å². The van der Waals surface area contributed by atoms with Gasteiger partial charge in [-0.2, -0.15) is 0 Å². The van der Waals surface area contributed by atoms with Crippen LogP contribution in [0.25, 0.3) is 10.2 Å². The van der Waals surface area contributed by atoms with Gasteiger partial charge in [-0.25, -0.2) is 4.98 Å². The second-order valence-electron chi connectivity index (χ2n) is 7.29. The van der Waals surface area contributed by atoms with Gasteiger partial charge < -0.3 is 19.3 Å². The van der Waals surface area contributed by atoms with Gasteiger partial charge in [0, 0.05) is 31.7 Å². The van der Waals surface area contributed by atoms with Crippen molar-refractivity contribution >= 4 is 32.6 Å². The smallest absolute Gasteiger partial charge is 0.254 e. The molecule has 0 unspecified atom stereocenters. The number of benzene rings is 2. The lowest BCUT2D eigenvalue weighted by atomic mass is 10.1.